The number of nitrogens with one attached hydrogen (secondary N) is 2. The van der Waals surface area contributed by atoms with Gasteiger partial charge in [-0.2, -0.15) is 0 Å². The Hall–Kier alpha value is -2.34. The van der Waals surface area contributed by atoms with E-state index in [1.165, 1.54) is 0 Å². The van der Waals surface area contributed by atoms with Crippen molar-refractivity contribution in [2.45, 2.75) is 32.9 Å². The Bertz CT molecular complexity index is 856. The number of amides is 1. The maximum Gasteiger partial charge on any atom is 0.261 e. The molecule has 0 spiro atoms. The second kappa shape index (κ2) is 7.91. The summed E-state index contributed by atoms with van der Waals surface area (Å²) in [5.74, 6) is 1.41. The normalized spacial score (nSPS) is 13.6. The van der Waals surface area contributed by atoms with Crippen LogP contribution in [0.4, 0.5) is 0 Å². The monoisotopic (exact) mass is 415 g/mol. The number of fused-ring (bicyclic) bond motifs is 1. The SMILES string of the molecule is CC(Oc1ccc(Br)cc1)C(=O)N[C@H](c1nc2ccccc2[nH]1)C(C)C. The van der Waals surface area contributed by atoms with Gasteiger partial charge in [0.15, 0.2) is 6.10 Å². The van der Waals surface area contributed by atoms with Crippen molar-refractivity contribution in [3.05, 3.63) is 58.8 Å². The van der Waals surface area contributed by atoms with Crippen LogP contribution in [0, 0.1) is 5.92 Å². The minimum atomic E-state index is -0.609. The van der Waals surface area contributed by atoms with E-state index in [0.29, 0.717) is 5.75 Å². The third-order valence-electron chi connectivity index (χ3n) is 4.16. The number of imidazole rings is 1. The fraction of sp³-hybridized carbons (Fsp3) is 0.300. The summed E-state index contributed by atoms with van der Waals surface area (Å²) in [4.78, 5) is 20.6. The summed E-state index contributed by atoms with van der Waals surface area (Å²) in [6.45, 7) is 5.85. The molecule has 136 valence electrons. The van der Waals surface area contributed by atoms with E-state index in [1.807, 2.05) is 48.5 Å². The van der Waals surface area contributed by atoms with E-state index in [1.54, 1.807) is 6.92 Å². The van der Waals surface area contributed by atoms with E-state index in [2.05, 4.69) is 45.1 Å². The number of halogens is 1. The molecule has 0 saturated carbocycles. The quantitative estimate of drug-likeness (QED) is 0.617. The van der Waals surface area contributed by atoms with Gasteiger partial charge in [0.05, 0.1) is 17.1 Å². The van der Waals surface area contributed by atoms with Crippen molar-refractivity contribution in [1.82, 2.24) is 15.3 Å². The number of H-pyrrole nitrogens is 1. The van der Waals surface area contributed by atoms with E-state index in [0.717, 1.165) is 21.3 Å². The highest BCUT2D eigenvalue weighted by Crippen LogP contribution is 2.23. The molecule has 2 atom stereocenters. The number of para-hydroxylation sites is 2. The van der Waals surface area contributed by atoms with Crippen LogP contribution < -0.4 is 10.1 Å². The van der Waals surface area contributed by atoms with Crippen LogP contribution in [-0.2, 0) is 4.79 Å². The van der Waals surface area contributed by atoms with Crippen molar-refractivity contribution < 1.29 is 9.53 Å². The van der Waals surface area contributed by atoms with Gasteiger partial charge in [0.2, 0.25) is 0 Å². The third-order valence-corrected chi connectivity index (χ3v) is 4.69. The zero-order valence-corrected chi connectivity index (χ0v) is 16.6. The molecule has 5 nitrogen and oxygen atoms in total. The van der Waals surface area contributed by atoms with Gasteiger partial charge in [-0.05, 0) is 49.2 Å². The van der Waals surface area contributed by atoms with Crippen LogP contribution in [0.15, 0.2) is 53.0 Å². The number of nitrogens with zero attached hydrogens (tertiary/aromatic N) is 1. The topological polar surface area (TPSA) is 67.0 Å². The first-order valence-corrected chi connectivity index (χ1v) is 9.40. The Morgan fingerprint density at radius 1 is 1.12 bits per heavy atom. The molecule has 0 aliphatic heterocycles. The molecule has 6 heteroatoms. The number of ether oxygens (including phenoxy) is 1. The zero-order chi connectivity index (χ0) is 18.7. The fourth-order valence-corrected chi connectivity index (χ4v) is 2.98. The van der Waals surface area contributed by atoms with Crippen molar-refractivity contribution in [3.8, 4) is 5.75 Å². The highest BCUT2D eigenvalue weighted by molar-refractivity contribution is 9.10. The lowest BCUT2D eigenvalue weighted by atomic mass is 10.0. The first kappa shape index (κ1) is 18.5. The molecule has 0 fully saturated rings. The summed E-state index contributed by atoms with van der Waals surface area (Å²) in [6.07, 6.45) is -0.609. The molecule has 1 heterocycles. The molecule has 0 aliphatic carbocycles. The maximum atomic E-state index is 12.6. The molecule has 2 N–H and O–H groups in total. The van der Waals surface area contributed by atoms with Crippen molar-refractivity contribution in [1.29, 1.82) is 0 Å². The van der Waals surface area contributed by atoms with Gasteiger partial charge >= 0.3 is 0 Å². The summed E-state index contributed by atoms with van der Waals surface area (Å²) in [5, 5.41) is 3.06. The summed E-state index contributed by atoms with van der Waals surface area (Å²) in [7, 11) is 0. The molecule has 1 aromatic heterocycles. The Balaban J connectivity index is 1.72. The smallest absolute Gasteiger partial charge is 0.261 e. The lowest BCUT2D eigenvalue weighted by Gasteiger charge is -2.23. The molecule has 0 radical (unpaired) electrons. The van der Waals surface area contributed by atoms with Gasteiger partial charge in [0, 0.05) is 4.47 Å². The Morgan fingerprint density at radius 3 is 2.46 bits per heavy atom. The van der Waals surface area contributed by atoms with Crippen LogP contribution in [0.2, 0.25) is 0 Å². The lowest BCUT2D eigenvalue weighted by molar-refractivity contribution is -0.128. The van der Waals surface area contributed by atoms with Crippen LogP contribution >= 0.6 is 15.9 Å². The molecule has 0 saturated heterocycles. The average molecular weight is 416 g/mol. The fourth-order valence-electron chi connectivity index (χ4n) is 2.71. The molecule has 3 rings (SSSR count). The number of aromatic nitrogens is 2. The third kappa shape index (κ3) is 4.25. The number of hydrogen-bond donors (Lipinski definition) is 2. The van der Waals surface area contributed by atoms with E-state index >= 15 is 0 Å². The van der Waals surface area contributed by atoms with Gasteiger partial charge in [-0.1, -0.05) is 41.9 Å². The van der Waals surface area contributed by atoms with Crippen molar-refractivity contribution in [2.24, 2.45) is 5.92 Å². The summed E-state index contributed by atoms with van der Waals surface area (Å²) in [6, 6.07) is 15.0. The van der Waals surface area contributed by atoms with Crippen LogP contribution in [0.1, 0.15) is 32.6 Å². The maximum absolute atomic E-state index is 12.6. The Morgan fingerprint density at radius 2 is 1.81 bits per heavy atom. The molecular formula is C20H22BrN3O2. The van der Waals surface area contributed by atoms with Gasteiger partial charge in [0.25, 0.3) is 5.91 Å². The second-order valence-electron chi connectivity index (χ2n) is 6.58. The number of carbonyl (C=O) groups is 1. The summed E-state index contributed by atoms with van der Waals surface area (Å²) < 4.78 is 6.71. The number of rotatable bonds is 6. The molecule has 1 unspecified atom stereocenters. The molecule has 3 aromatic rings. The minimum Gasteiger partial charge on any atom is -0.481 e. The van der Waals surface area contributed by atoms with Crippen molar-refractivity contribution >= 4 is 32.9 Å². The molecular weight excluding hydrogens is 394 g/mol. The molecule has 26 heavy (non-hydrogen) atoms. The Labute approximate surface area is 161 Å². The molecule has 2 aromatic carbocycles. The van der Waals surface area contributed by atoms with Crippen molar-refractivity contribution in [2.75, 3.05) is 0 Å². The second-order valence-corrected chi connectivity index (χ2v) is 7.50. The van der Waals surface area contributed by atoms with Crippen LogP contribution in [-0.4, -0.2) is 22.0 Å². The Kier molecular flexibility index (Phi) is 5.61. The molecule has 0 bridgehead atoms. The predicted molar refractivity (Wildman–Crippen MR) is 106 cm³/mol. The number of aromatic amines is 1. The van der Waals surface area contributed by atoms with Gasteiger partial charge in [-0.25, -0.2) is 4.98 Å². The zero-order valence-electron chi connectivity index (χ0n) is 15.0. The van der Waals surface area contributed by atoms with E-state index < -0.39 is 6.10 Å². The highest BCUT2D eigenvalue weighted by Gasteiger charge is 2.25. The first-order chi connectivity index (χ1) is 12.4. The summed E-state index contributed by atoms with van der Waals surface area (Å²) >= 11 is 3.38. The van der Waals surface area contributed by atoms with Crippen LogP contribution in [0.3, 0.4) is 0 Å². The van der Waals surface area contributed by atoms with E-state index in [-0.39, 0.29) is 17.9 Å². The molecule has 1 amide bonds. The molecule has 0 aliphatic rings. The van der Waals surface area contributed by atoms with Gasteiger partial charge < -0.3 is 15.0 Å². The van der Waals surface area contributed by atoms with Gasteiger partial charge in [-0.15, -0.1) is 0 Å². The van der Waals surface area contributed by atoms with Gasteiger partial charge in [-0.3, -0.25) is 4.79 Å². The minimum absolute atomic E-state index is 0.174. The van der Waals surface area contributed by atoms with Crippen LogP contribution in [0.5, 0.6) is 5.75 Å². The van der Waals surface area contributed by atoms with Crippen LogP contribution in [0.25, 0.3) is 11.0 Å². The first-order valence-electron chi connectivity index (χ1n) is 8.61. The predicted octanol–water partition coefficient (Wildman–Crippen LogP) is 4.61. The number of carbonyl (C=O) groups excluding carboxylic acids is 1. The van der Waals surface area contributed by atoms with Gasteiger partial charge in [0.1, 0.15) is 11.6 Å². The largest absolute Gasteiger partial charge is 0.481 e. The number of benzene rings is 2. The van der Waals surface area contributed by atoms with E-state index in [4.69, 9.17) is 4.74 Å². The average Bonchev–Trinajstić information content (AvgIpc) is 3.04. The summed E-state index contributed by atoms with van der Waals surface area (Å²) in [5.41, 5.74) is 1.85. The number of hydrogen-bond acceptors (Lipinski definition) is 3. The highest BCUT2D eigenvalue weighted by atomic mass is 79.9. The van der Waals surface area contributed by atoms with E-state index in [9.17, 15) is 4.79 Å². The van der Waals surface area contributed by atoms with Crippen molar-refractivity contribution in [3.63, 3.8) is 0 Å². The lowest BCUT2D eigenvalue weighted by Crippen LogP contribution is -2.40. The standard InChI is InChI=1S/C20H22BrN3O2/c1-12(2)18(19-22-16-6-4-5-7-17(16)23-19)24-20(25)13(3)26-15-10-8-14(21)9-11-15/h4-13,18H,1-3H3,(H,22,23)(H,24,25)/t13?,18-/m0/s1.